The van der Waals surface area contributed by atoms with Gasteiger partial charge in [-0.05, 0) is 24.3 Å². The first-order valence-corrected chi connectivity index (χ1v) is 7.21. The number of rotatable bonds is 6. The van der Waals surface area contributed by atoms with Gasteiger partial charge in [0.2, 0.25) is 0 Å². The summed E-state index contributed by atoms with van der Waals surface area (Å²) >= 11 is 0. The van der Waals surface area contributed by atoms with Crippen LogP contribution in [0.4, 0.5) is 10.1 Å². The van der Waals surface area contributed by atoms with E-state index in [9.17, 15) is 4.39 Å². The number of fused-ring (bicyclic) bond motifs is 1. The van der Waals surface area contributed by atoms with Gasteiger partial charge in [0, 0.05) is 18.8 Å². The maximum absolute atomic E-state index is 12.1. The van der Waals surface area contributed by atoms with Gasteiger partial charge in [0.15, 0.2) is 0 Å². The van der Waals surface area contributed by atoms with Gasteiger partial charge in [-0.3, -0.25) is 0 Å². The number of anilines is 1. The zero-order valence-corrected chi connectivity index (χ0v) is 12.4. The highest BCUT2D eigenvalue weighted by Crippen LogP contribution is 2.19. The first-order valence-electron chi connectivity index (χ1n) is 7.21. The number of para-hydroxylation sites is 2. The summed E-state index contributed by atoms with van der Waals surface area (Å²) in [7, 11) is 2.01. The molecule has 0 aliphatic heterocycles. The van der Waals surface area contributed by atoms with E-state index >= 15 is 0 Å². The number of halogens is 1. The second-order valence-corrected chi connectivity index (χ2v) is 4.99. The summed E-state index contributed by atoms with van der Waals surface area (Å²) in [5.41, 5.74) is 3.02. The summed E-state index contributed by atoms with van der Waals surface area (Å²) in [6.07, 6.45) is 0. The molecule has 0 saturated heterocycles. The van der Waals surface area contributed by atoms with E-state index in [2.05, 4.69) is 20.9 Å². The molecule has 0 atom stereocenters. The minimum absolute atomic E-state index is 0.0776. The molecule has 0 fully saturated rings. The number of alkyl halides is 1. The maximum atomic E-state index is 12.1. The predicted molar refractivity (Wildman–Crippen MR) is 86.0 cm³/mol. The standard InChI is InChI=1S/C17H18FN3O/c1-21-16-8-3-2-7-15(16)20-17(21)12-19-13-5-4-6-14(11-13)22-10-9-18/h2-8,11,19H,9-10,12H2,1H3. The molecular weight excluding hydrogens is 281 g/mol. The van der Waals surface area contributed by atoms with Gasteiger partial charge < -0.3 is 14.6 Å². The largest absolute Gasteiger partial charge is 0.491 e. The number of hydrogen-bond acceptors (Lipinski definition) is 3. The number of benzene rings is 2. The lowest BCUT2D eigenvalue weighted by Crippen LogP contribution is -2.06. The van der Waals surface area contributed by atoms with Crippen LogP contribution in [0.1, 0.15) is 5.82 Å². The molecule has 1 aromatic heterocycles. The summed E-state index contributed by atoms with van der Waals surface area (Å²) in [6, 6.07) is 15.6. The van der Waals surface area contributed by atoms with Crippen LogP contribution >= 0.6 is 0 Å². The van der Waals surface area contributed by atoms with Gasteiger partial charge in [-0.25, -0.2) is 9.37 Å². The normalized spacial score (nSPS) is 10.8. The molecule has 3 aromatic rings. The Balaban J connectivity index is 1.72. The fourth-order valence-electron chi connectivity index (χ4n) is 2.39. The zero-order valence-electron chi connectivity index (χ0n) is 12.4. The van der Waals surface area contributed by atoms with E-state index in [1.807, 2.05) is 49.5 Å². The van der Waals surface area contributed by atoms with E-state index in [-0.39, 0.29) is 6.61 Å². The summed E-state index contributed by atoms with van der Waals surface area (Å²) in [5, 5.41) is 3.32. The third kappa shape index (κ3) is 3.03. The van der Waals surface area contributed by atoms with E-state index < -0.39 is 6.67 Å². The highest BCUT2D eigenvalue weighted by Gasteiger charge is 2.06. The molecule has 0 aliphatic carbocycles. The number of imidazole rings is 1. The molecule has 0 spiro atoms. The first kappa shape index (κ1) is 14.4. The van der Waals surface area contributed by atoms with Crippen molar-refractivity contribution in [3.8, 4) is 5.75 Å². The number of nitrogens with one attached hydrogen (secondary N) is 1. The average molecular weight is 299 g/mol. The molecule has 0 bridgehead atoms. The van der Waals surface area contributed by atoms with Gasteiger partial charge in [-0.15, -0.1) is 0 Å². The highest BCUT2D eigenvalue weighted by atomic mass is 19.1. The summed E-state index contributed by atoms with van der Waals surface area (Å²) in [6.45, 7) is 0.198. The summed E-state index contributed by atoms with van der Waals surface area (Å²) in [4.78, 5) is 4.62. The van der Waals surface area contributed by atoms with E-state index in [0.717, 1.165) is 22.5 Å². The second-order valence-electron chi connectivity index (χ2n) is 4.99. The molecular formula is C17H18FN3O. The molecule has 1 heterocycles. The van der Waals surface area contributed by atoms with Crippen molar-refractivity contribution in [3.63, 3.8) is 0 Å². The molecule has 0 saturated carbocycles. The summed E-state index contributed by atoms with van der Waals surface area (Å²) in [5.74, 6) is 1.61. The number of nitrogens with zero attached hydrogens (tertiary/aromatic N) is 2. The first-order chi connectivity index (χ1) is 10.8. The second kappa shape index (κ2) is 6.47. The van der Waals surface area contributed by atoms with Crippen LogP contribution in [0.25, 0.3) is 11.0 Å². The molecule has 4 nitrogen and oxygen atoms in total. The molecule has 114 valence electrons. The van der Waals surface area contributed by atoms with Crippen molar-refractivity contribution in [2.75, 3.05) is 18.6 Å². The van der Waals surface area contributed by atoms with E-state index in [1.165, 1.54) is 0 Å². The molecule has 0 radical (unpaired) electrons. The molecule has 0 unspecified atom stereocenters. The van der Waals surface area contributed by atoms with Crippen molar-refractivity contribution in [1.29, 1.82) is 0 Å². The topological polar surface area (TPSA) is 39.1 Å². The SMILES string of the molecule is Cn1c(CNc2cccc(OCCF)c2)nc2ccccc21. The quantitative estimate of drug-likeness (QED) is 0.757. The molecule has 5 heteroatoms. The third-order valence-corrected chi connectivity index (χ3v) is 3.51. The van der Waals surface area contributed by atoms with E-state index in [0.29, 0.717) is 12.3 Å². The van der Waals surface area contributed by atoms with Crippen LogP contribution in [0.2, 0.25) is 0 Å². The van der Waals surface area contributed by atoms with Crippen molar-refractivity contribution in [3.05, 3.63) is 54.4 Å². The number of aromatic nitrogens is 2. The Bertz CT molecular complexity index is 769. The number of aryl methyl sites for hydroxylation is 1. The van der Waals surface area contributed by atoms with E-state index in [4.69, 9.17) is 4.74 Å². The minimum Gasteiger partial charge on any atom is -0.491 e. The zero-order chi connectivity index (χ0) is 15.4. The van der Waals surface area contributed by atoms with Crippen molar-refractivity contribution < 1.29 is 9.13 Å². The molecule has 3 rings (SSSR count). The maximum Gasteiger partial charge on any atom is 0.128 e. The Hall–Kier alpha value is -2.56. The fraction of sp³-hybridized carbons (Fsp3) is 0.235. The van der Waals surface area contributed by atoms with Crippen LogP contribution in [-0.4, -0.2) is 22.8 Å². The lowest BCUT2D eigenvalue weighted by molar-refractivity contribution is 0.273. The van der Waals surface area contributed by atoms with Gasteiger partial charge >= 0.3 is 0 Å². The Morgan fingerprint density at radius 3 is 2.86 bits per heavy atom. The minimum atomic E-state index is -0.489. The van der Waals surface area contributed by atoms with Crippen LogP contribution in [0.15, 0.2) is 48.5 Å². The van der Waals surface area contributed by atoms with Gasteiger partial charge in [0.25, 0.3) is 0 Å². The molecule has 22 heavy (non-hydrogen) atoms. The van der Waals surface area contributed by atoms with Crippen molar-refractivity contribution in [2.24, 2.45) is 7.05 Å². The Kier molecular flexibility index (Phi) is 4.23. The average Bonchev–Trinajstić information content (AvgIpc) is 2.88. The lowest BCUT2D eigenvalue weighted by Gasteiger charge is -2.09. The Morgan fingerprint density at radius 1 is 1.18 bits per heavy atom. The Labute approximate surface area is 128 Å². The molecule has 1 N–H and O–H groups in total. The number of ether oxygens (including phenoxy) is 1. The van der Waals surface area contributed by atoms with Gasteiger partial charge in [0.05, 0.1) is 17.6 Å². The monoisotopic (exact) mass is 299 g/mol. The van der Waals surface area contributed by atoms with Crippen molar-refractivity contribution in [2.45, 2.75) is 6.54 Å². The van der Waals surface area contributed by atoms with Crippen LogP contribution in [0.5, 0.6) is 5.75 Å². The van der Waals surface area contributed by atoms with Crippen LogP contribution in [0.3, 0.4) is 0 Å². The van der Waals surface area contributed by atoms with Crippen LogP contribution in [-0.2, 0) is 13.6 Å². The Morgan fingerprint density at radius 2 is 2.05 bits per heavy atom. The van der Waals surface area contributed by atoms with Crippen molar-refractivity contribution >= 4 is 16.7 Å². The molecule has 0 aliphatic rings. The lowest BCUT2D eigenvalue weighted by atomic mass is 10.3. The highest BCUT2D eigenvalue weighted by molar-refractivity contribution is 5.75. The molecule has 0 amide bonds. The van der Waals surface area contributed by atoms with Gasteiger partial charge in [-0.1, -0.05) is 18.2 Å². The van der Waals surface area contributed by atoms with Crippen LogP contribution in [0, 0.1) is 0 Å². The smallest absolute Gasteiger partial charge is 0.128 e. The van der Waals surface area contributed by atoms with E-state index in [1.54, 1.807) is 0 Å². The fourth-order valence-corrected chi connectivity index (χ4v) is 2.39. The van der Waals surface area contributed by atoms with Crippen LogP contribution < -0.4 is 10.1 Å². The third-order valence-electron chi connectivity index (χ3n) is 3.51. The predicted octanol–water partition coefficient (Wildman–Crippen LogP) is 3.53. The van der Waals surface area contributed by atoms with Gasteiger partial charge in [-0.2, -0.15) is 0 Å². The molecule has 2 aromatic carbocycles. The summed E-state index contributed by atoms with van der Waals surface area (Å²) < 4.78 is 19.5. The van der Waals surface area contributed by atoms with Gasteiger partial charge in [0.1, 0.15) is 24.9 Å². The van der Waals surface area contributed by atoms with Crippen molar-refractivity contribution in [1.82, 2.24) is 9.55 Å². The number of hydrogen-bond donors (Lipinski definition) is 1.